The molecule has 18 heavy (non-hydrogen) atoms. The van der Waals surface area contributed by atoms with E-state index in [9.17, 15) is 15.0 Å². The van der Waals surface area contributed by atoms with Crippen molar-refractivity contribution in [3.63, 3.8) is 0 Å². The minimum Gasteiger partial charge on any atom is -0.504 e. The Hall–Kier alpha value is -2.37. The van der Waals surface area contributed by atoms with E-state index in [1.807, 2.05) is 0 Å². The highest BCUT2D eigenvalue weighted by molar-refractivity contribution is 5.86. The third-order valence-corrected chi connectivity index (χ3v) is 2.02. The second-order valence-electron chi connectivity index (χ2n) is 3.54. The molecular formula is C12H14O6. The van der Waals surface area contributed by atoms with E-state index in [2.05, 4.69) is 6.58 Å². The second kappa shape index (κ2) is 5.81. The fourth-order valence-electron chi connectivity index (χ4n) is 1.08. The zero-order valence-corrected chi connectivity index (χ0v) is 9.84. The first-order valence-electron chi connectivity index (χ1n) is 5.12. The molecule has 3 N–H and O–H groups in total. The van der Waals surface area contributed by atoms with E-state index in [0.717, 1.165) is 0 Å². The van der Waals surface area contributed by atoms with Crippen molar-refractivity contribution in [1.29, 1.82) is 0 Å². The van der Waals surface area contributed by atoms with Crippen LogP contribution in [0.2, 0.25) is 0 Å². The molecule has 6 nitrogen and oxygen atoms in total. The van der Waals surface area contributed by atoms with Crippen LogP contribution in [0.25, 0.3) is 0 Å². The zero-order valence-electron chi connectivity index (χ0n) is 9.84. The van der Waals surface area contributed by atoms with Crippen LogP contribution < -0.4 is 4.74 Å². The molecule has 0 fully saturated rings. The Labute approximate surface area is 104 Å². The van der Waals surface area contributed by atoms with E-state index in [-0.39, 0.29) is 24.5 Å². The van der Waals surface area contributed by atoms with Crippen molar-refractivity contribution in [2.45, 2.75) is 6.92 Å². The van der Waals surface area contributed by atoms with E-state index >= 15 is 0 Å². The van der Waals surface area contributed by atoms with Gasteiger partial charge in [0.2, 0.25) is 11.5 Å². The largest absolute Gasteiger partial charge is 0.504 e. The molecule has 0 unspecified atom stereocenters. The Balaban J connectivity index is 2.48. The number of esters is 1. The number of hydrogen-bond acceptors (Lipinski definition) is 6. The number of phenolic OH excluding ortho intramolecular Hbond substituents is 3. The number of carbonyl (C=O) groups excluding carboxylic acids is 1. The molecule has 1 rings (SSSR count). The van der Waals surface area contributed by atoms with Gasteiger partial charge in [0.25, 0.3) is 0 Å². The highest BCUT2D eigenvalue weighted by atomic mass is 16.6. The number of aromatic hydroxyl groups is 3. The lowest BCUT2D eigenvalue weighted by Crippen LogP contribution is -2.12. The van der Waals surface area contributed by atoms with Crippen LogP contribution in [0.4, 0.5) is 0 Å². The average molecular weight is 254 g/mol. The van der Waals surface area contributed by atoms with Crippen LogP contribution in [0, 0.1) is 0 Å². The monoisotopic (exact) mass is 254 g/mol. The minimum absolute atomic E-state index is 0.00318. The zero-order chi connectivity index (χ0) is 13.7. The number of rotatable bonds is 5. The highest BCUT2D eigenvalue weighted by Crippen LogP contribution is 2.41. The fourth-order valence-corrected chi connectivity index (χ4v) is 1.08. The maximum atomic E-state index is 11.0. The molecule has 0 aliphatic carbocycles. The van der Waals surface area contributed by atoms with Crippen molar-refractivity contribution in [3.05, 3.63) is 24.3 Å². The van der Waals surface area contributed by atoms with Crippen LogP contribution in [0.15, 0.2) is 24.3 Å². The lowest BCUT2D eigenvalue weighted by Gasteiger charge is -2.10. The summed E-state index contributed by atoms with van der Waals surface area (Å²) in [5.74, 6) is -2.23. The summed E-state index contributed by atoms with van der Waals surface area (Å²) in [6.45, 7) is 4.91. The Morgan fingerprint density at radius 3 is 2.50 bits per heavy atom. The summed E-state index contributed by atoms with van der Waals surface area (Å²) < 4.78 is 9.84. The molecule has 0 radical (unpaired) electrons. The van der Waals surface area contributed by atoms with Gasteiger partial charge >= 0.3 is 5.97 Å². The van der Waals surface area contributed by atoms with Crippen molar-refractivity contribution in [2.75, 3.05) is 13.2 Å². The molecule has 0 aliphatic heterocycles. The molecule has 0 spiro atoms. The average Bonchev–Trinajstić information content (AvgIpc) is 2.33. The predicted molar refractivity (Wildman–Crippen MR) is 62.7 cm³/mol. The maximum Gasteiger partial charge on any atom is 0.333 e. The Morgan fingerprint density at radius 2 is 1.89 bits per heavy atom. The first-order valence-corrected chi connectivity index (χ1v) is 5.12. The summed E-state index contributed by atoms with van der Waals surface area (Å²) in [6, 6.07) is 2.45. The Morgan fingerprint density at radius 1 is 1.22 bits per heavy atom. The summed E-state index contributed by atoms with van der Waals surface area (Å²) in [5.41, 5.74) is 0.278. The Kier molecular flexibility index (Phi) is 4.42. The van der Waals surface area contributed by atoms with Gasteiger partial charge in [0.05, 0.1) is 0 Å². The van der Waals surface area contributed by atoms with Gasteiger partial charge in [-0.25, -0.2) is 4.79 Å². The number of hydrogen-bond donors (Lipinski definition) is 3. The number of phenols is 3. The van der Waals surface area contributed by atoms with E-state index in [1.165, 1.54) is 19.1 Å². The maximum absolute atomic E-state index is 11.0. The molecule has 1 aromatic carbocycles. The summed E-state index contributed by atoms with van der Waals surface area (Å²) in [7, 11) is 0. The smallest absolute Gasteiger partial charge is 0.333 e. The quantitative estimate of drug-likeness (QED) is 0.317. The first-order chi connectivity index (χ1) is 8.43. The van der Waals surface area contributed by atoms with Crippen molar-refractivity contribution in [1.82, 2.24) is 0 Å². The summed E-state index contributed by atoms with van der Waals surface area (Å²) in [5, 5.41) is 27.7. The number of benzene rings is 1. The van der Waals surface area contributed by atoms with E-state index < -0.39 is 23.2 Å². The van der Waals surface area contributed by atoms with Crippen LogP contribution in [-0.4, -0.2) is 34.5 Å². The van der Waals surface area contributed by atoms with Gasteiger partial charge in [-0.2, -0.15) is 0 Å². The van der Waals surface area contributed by atoms with Crippen LogP contribution in [0.1, 0.15) is 6.92 Å². The number of ether oxygens (including phenoxy) is 2. The lowest BCUT2D eigenvalue weighted by molar-refractivity contribution is -0.139. The van der Waals surface area contributed by atoms with Crippen LogP contribution >= 0.6 is 0 Å². The third kappa shape index (κ3) is 3.31. The van der Waals surface area contributed by atoms with Crippen molar-refractivity contribution >= 4 is 5.97 Å². The van der Waals surface area contributed by atoms with E-state index in [1.54, 1.807) is 0 Å². The van der Waals surface area contributed by atoms with Gasteiger partial charge in [0, 0.05) is 5.57 Å². The third-order valence-electron chi connectivity index (χ3n) is 2.02. The molecule has 0 saturated carbocycles. The minimum atomic E-state index is -0.661. The van der Waals surface area contributed by atoms with Crippen LogP contribution in [-0.2, 0) is 9.53 Å². The van der Waals surface area contributed by atoms with Gasteiger partial charge in [-0.3, -0.25) is 0 Å². The molecule has 0 atom stereocenters. The molecule has 98 valence electrons. The first kappa shape index (κ1) is 13.7. The van der Waals surface area contributed by atoms with Crippen LogP contribution in [0.5, 0.6) is 23.0 Å². The molecule has 0 amide bonds. The summed E-state index contributed by atoms with van der Waals surface area (Å²) in [4.78, 5) is 11.0. The molecule has 0 aliphatic rings. The number of carbonyl (C=O) groups is 1. The van der Waals surface area contributed by atoms with Crippen molar-refractivity contribution < 1.29 is 29.6 Å². The summed E-state index contributed by atoms with van der Waals surface area (Å²) >= 11 is 0. The van der Waals surface area contributed by atoms with E-state index in [4.69, 9.17) is 14.6 Å². The molecule has 0 aromatic heterocycles. The van der Waals surface area contributed by atoms with Gasteiger partial charge in [-0.15, -0.1) is 0 Å². The molecule has 0 bridgehead atoms. The lowest BCUT2D eigenvalue weighted by atomic mass is 10.3. The highest BCUT2D eigenvalue weighted by Gasteiger charge is 2.12. The van der Waals surface area contributed by atoms with Gasteiger partial charge in [-0.1, -0.05) is 6.58 Å². The topological polar surface area (TPSA) is 96.2 Å². The second-order valence-corrected chi connectivity index (χ2v) is 3.54. The van der Waals surface area contributed by atoms with Gasteiger partial charge in [0.15, 0.2) is 11.5 Å². The predicted octanol–water partition coefficient (Wildman–Crippen LogP) is 1.30. The molecular weight excluding hydrogens is 240 g/mol. The normalized spacial score (nSPS) is 9.83. The van der Waals surface area contributed by atoms with Crippen molar-refractivity contribution in [2.24, 2.45) is 0 Å². The summed E-state index contributed by atoms with van der Waals surface area (Å²) in [6.07, 6.45) is 0. The van der Waals surface area contributed by atoms with Gasteiger partial charge in [-0.05, 0) is 19.1 Å². The van der Waals surface area contributed by atoms with E-state index in [0.29, 0.717) is 0 Å². The van der Waals surface area contributed by atoms with Gasteiger partial charge < -0.3 is 24.8 Å². The molecule has 1 aromatic rings. The van der Waals surface area contributed by atoms with Crippen LogP contribution in [0.3, 0.4) is 0 Å². The Bertz CT molecular complexity index is 466. The standard InChI is InChI=1S/C12H14O6/c1-7(2)12(16)18-6-5-17-9-4-3-8(13)10(14)11(9)15/h3-4,13-15H,1,5-6H2,2H3. The molecule has 0 saturated heterocycles. The molecule has 0 heterocycles. The molecule has 6 heteroatoms. The van der Waals surface area contributed by atoms with Gasteiger partial charge in [0.1, 0.15) is 13.2 Å². The van der Waals surface area contributed by atoms with Crippen molar-refractivity contribution in [3.8, 4) is 23.0 Å². The fraction of sp³-hybridized carbons (Fsp3) is 0.250. The SMILES string of the molecule is C=C(C)C(=O)OCCOc1ccc(O)c(O)c1O.